The van der Waals surface area contributed by atoms with Gasteiger partial charge in [0.1, 0.15) is 11.9 Å². The molecule has 0 aliphatic rings. The second-order valence-corrected chi connectivity index (χ2v) is 7.88. The van der Waals surface area contributed by atoms with Crippen LogP contribution in [0.5, 0.6) is 0 Å². The van der Waals surface area contributed by atoms with Gasteiger partial charge in [-0.1, -0.05) is 24.3 Å². The number of hydrogen-bond acceptors (Lipinski definition) is 4. The number of aryl methyl sites for hydroxylation is 2. The van der Waals surface area contributed by atoms with Gasteiger partial charge in [0.2, 0.25) is 11.8 Å². The molecule has 0 bridgehead atoms. The van der Waals surface area contributed by atoms with E-state index in [1.54, 1.807) is 10.6 Å². The van der Waals surface area contributed by atoms with E-state index >= 15 is 0 Å². The number of nitrogens with zero attached hydrogens (tertiary/aromatic N) is 4. The number of carbonyl (C=O) groups is 2. The summed E-state index contributed by atoms with van der Waals surface area (Å²) in [6.45, 7) is 3.87. The zero-order valence-corrected chi connectivity index (χ0v) is 18.2. The van der Waals surface area contributed by atoms with E-state index in [2.05, 4.69) is 5.10 Å². The SMILES string of the molecule is Cc1nc2c3ccccc3nn2c(C)c1CCC(=O)N(C)C(C(N)=O)c1cccc(F)c1. The molecular formula is C24H24FN5O2. The molecule has 0 aliphatic carbocycles. The molecule has 0 spiro atoms. The van der Waals surface area contributed by atoms with E-state index in [0.29, 0.717) is 12.0 Å². The molecule has 2 amide bonds. The summed E-state index contributed by atoms with van der Waals surface area (Å²) in [5.41, 5.74) is 10.2. The first kappa shape index (κ1) is 21.4. The van der Waals surface area contributed by atoms with Crippen LogP contribution in [0.25, 0.3) is 16.6 Å². The Balaban J connectivity index is 1.59. The fourth-order valence-electron chi connectivity index (χ4n) is 4.15. The highest BCUT2D eigenvalue weighted by Gasteiger charge is 2.27. The number of fused-ring (bicyclic) bond motifs is 3. The maximum absolute atomic E-state index is 13.6. The largest absolute Gasteiger partial charge is 0.368 e. The average Bonchev–Trinajstić information content (AvgIpc) is 3.12. The van der Waals surface area contributed by atoms with Gasteiger partial charge in [-0.05, 0) is 55.7 Å². The molecule has 0 aliphatic heterocycles. The Kier molecular flexibility index (Phi) is 5.61. The maximum atomic E-state index is 13.6. The molecule has 32 heavy (non-hydrogen) atoms. The first-order valence-corrected chi connectivity index (χ1v) is 10.3. The molecule has 8 heteroatoms. The minimum Gasteiger partial charge on any atom is -0.368 e. The lowest BCUT2D eigenvalue weighted by atomic mass is 10.0. The number of halogens is 1. The van der Waals surface area contributed by atoms with Gasteiger partial charge in [-0.2, -0.15) is 5.10 Å². The molecule has 4 rings (SSSR count). The van der Waals surface area contributed by atoms with Crippen molar-refractivity contribution < 1.29 is 14.0 Å². The summed E-state index contributed by atoms with van der Waals surface area (Å²) in [5.74, 6) is -1.49. The smallest absolute Gasteiger partial charge is 0.244 e. The zero-order chi connectivity index (χ0) is 23.0. The van der Waals surface area contributed by atoms with Crippen molar-refractivity contribution in [2.75, 3.05) is 7.05 Å². The van der Waals surface area contributed by atoms with Crippen LogP contribution in [0.1, 0.15) is 35.0 Å². The van der Waals surface area contributed by atoms with Crippen LogP contribution in [-0.4, -0.2) is 38.4 Å². The third kappa shape index (κ3) is 3.79. The van der Waals surface area contributed by atoms with E-state index < -0.39 is 17.8 Å². The molecule has 1 atom stereocenters. The van der Waals surface area contributed by atoms with Gasteiger partial charge < -0.3 is 10.6 Å². The summed E-state index contributed by atoms with van der Waals surface area (Å²) in [5, 5.41) is 5.61. The highest BCUT2D eigenvalue weighted by Crippen LogP contribution is 2.24. The minimum atomic E-state index is -1.04. The number of carbonyl (C=O) groups excluding carboxylic acids is 2. The summed E-state index contributed by atoms with van der Waals surface area (Å²) in [6.07, 6.45) is 0.569. The van der Waals surface area contributed by atoms with Gasteiger partial charge >= 0.3 is 0 Å². The Morgan fingerprint density at radius 3 is 2.62 bits per heavy atom. The molecule has 0 radical (unpaired) electrons. The number of amides is 2. The predicted molar refractivity (Wildman–Crippen MR) is 119 cm³/mol. The van der Waals surface area contributed by atoms with Crippen LogP contribution < -0.4 is 5.73 Å². The van der Waals surface area contributed by atoms with Crippen molar-refractivity contribution in [3.05, 3.63) is 76.9 Å². The molecule has 7 nitrogen and oxygen atoms in total. The first-order chi connectivity index (χ1) is 15.3. The van der Waals surface area contributed by atoms with Crippen molar-refractivity contribution >= 4 is 28.4 Å². The van der Waals surface area contributed by atoms with Crippen LogP contribution >= 0.6 is 0 Å². The molecule has 2 aromatic carbocycles. The van der Waals surface area contributed by atoms with Gasteiger partial charge in [-0.3, -0.25) is 9.59 Å². The minimum absolute atomic E-state index is 0.144. The lowest BCUT2D eigenvalue weighted by molar-refractivity contribution is -0.138. The van der Waals surface area contributed by atoms with Crippen LogP contribution in [0.3, 0.4) is 0 Å². The van der Waals surface area contributed by atoms with Crippen LogP contribution in [0.2, 0.25) is 0 Å². The summed E-state index contributed by atoms with van der Waals surface area (Å²) < 4.78 is 15.5. The molecule has 2 aromatic heterocycles. The molecule has 0 saturated heterocycles. The maximum Gasteiger partial charge on any atom is 0.244 e. The fourth-order valence-corrected chi connectivity index (χ4v) is 4.15. The molecule has 2 heterocycles. The van der Waals surface area contributed by atoms with Crippen molar-refractivity contribution in [3.63, 3.8) is 0 Å². The quantitative estimate of drug-likeness (QED) is 0.505. The first-order valence-electron chi connectivity index (χ1n) is 10.3. The summed E-state index contributed by atoms with van der Waals surface area (Å²) in [7, 11) is 1.50. The van der Waals surface area contributed by atoms with Crippen LogP contribution in [0, 0.1) is 19.7 Å². The monoisotopic (exact) mass is 433 g/mol. The molecule has 2 N–H and O–H groups in total. The predicted octanol–water partition coefficient (Wildman–Crippen LogP) is 3.26. The van der Waals surface area contributed by atoms with Crippen LogP contribution in [0.15, 0.2) is 48.5 Å². The second kappa shape index (κ2) is 8.37. The summed E-state index contributed by atoms with van der Waals surface area (Å²) in [6, 6.07) is 12.3. The van der Waals surface area contributed by atoms with Crippen molar-refractivity contribution in [1.29, 1.82) is 0 Å². The molecule has 1 unspecified atom stereocenters. The third-order valence-electron chi connectivity index (χ3n) is 5.82. The van der Waals surface area contributed by atoms with Crippen molar-refractivity contribution in [1.82, 2.24) is 19.5 Å². The van der Waals surface area contributed by atoms with E-state index in [9.17, 15) is 14.0 Å². The number of primary amides is 1. The number of aromatic nitrogens is 3. The standard InChI is InChI=1S/C24H24FN5O2/c1-14-18(15(2)30-24(27-14)19-9-4-5-10-20(19)28-30)11-12-21(31)29(3)22(23(26)32)16-7-6-8-17(25)13-16/h4-10,13,22H,11-12H2,1-3H3,(H2,26,32). The van der Waals surface area contributed by atoms with E-state index in [1.807, 2.05) is 38.1 Å². The number of nitrogens with two attached hydrogens (primary N) is 1. The van der Waals surface area contributed by atoms with Crippen molar-refractivity contribution in [3.8, 4) is 0 Å². The lowest BCUT2D eigenvalue weighted by Crippen LogP contribution is -2.39. The number of rotatable bonds is 6. The highest BCUT2D eigenvalue weighted by molar-refractivity contribution is 5.92. The van der Waals surface area contributed by atoms with Gasteiger partial charge in [-0.15, -0.1) is 0 Å². The molecule has 164 valence electrons. The van der Waals surface area contributed by atoms with Gasteiger partial charge in [0, 0.05) is 30.2 Å². The lowest BCUT2D eigenvalue weighted by Gasteiger charge is -2.26. The number of benzene rings is 2. The molecular weight excluding hydrogens is 409 g/mol. The fraction of sp³-hybridized carbons (Fsp3) is 0.250. The van der Waals surface area contributed by atoms with Gasteiger partial charge in [0.15, 0.2) is 5.65 Å². The second-order valence-electron chi connectivity index (χ2n) is 7.88. The Labute approximate surface area is 184 Å². The normalized spacial score (nSPS) is 12.2. The average molecular weight is 433 g/mol. The molecule has 0 fully saturated rings. The Morgan fingerprint density at radius 1 is 1.16 bits per heavy atom. The topological polar surface area (TPSA) is 93.6 Å². The van der Waals surface area contributed by atoms with E-state index in [-0.39, 0.29) is 12.3 Å². The zero-order valence-electron chi connectivity index (χ0n) is 18.2. The number of likely N-dealkylation sites (N-methyl/N-ethyl adjacent to an activating group) is 1. The Hall–Kier alpha value is -3.81. The summed E-state index contributed by atoms with van der Waals surface area (Å²) >= 11 is 0. The van der Waals surface area contributed by atoms with Crippen molar-refractivity contribution in [2.24, 2.45) is 5.73 Å². The van der Waals surface area contributed by atoms with Crippen molar-refractivity contribution in [2.45, 2.75) is 32.7 Å². The number of hydrogen-bond donors (Lipinski definition) is 1. The Morgan fingerprint density at radius 2 is 1.91 bits per heavy atom. The van der Waals surface area contributed by atoms with Gasteiger partial charge in [0.05, 0.1) is 5.52 Å². The molecule has 4 aromatic rings. The van der Waals surface area contributed by atoms with E-state index in [0.717, 1.165) is 33.5 Å². The van der Waals surface area contributed by atoms with E-state index in [4.69, 9.17) is 10.7 Å². The third-order valence-corrected chi connectivity index (χ3v) is 5.82. The Bertz CT molecular complexity index is 1350. The van der Waals surface area contributed by atoms with Gasteiger partial charge in [-0.25, -0.2) is 13.9 Å². The molecule has 0 saturated carbocycles. The van der Waals surface area contributed by atoms with Crippen LogP contribution in [-0.2, 0) is 16.0 Å². The highest BCUT2D eigenvalue weighted by atomic mass is 19.1. The van der Waals surface area contributed by atoms with Crippen LogP contribution in [0.4, 0.5) is 4.39 Å². The summed E-state index contributed by atoms with van der Waals surface area (Å²) in [4.78, 5) is 31.0. The van der Waals surface area contributed by atoms with E-state index in [1.165, 1.54) is 30.1 Å². The van der Waals surface area contributed by atoms with Gasteiger partial charge in [0.25, 0.3) is 0 Å².